The number of benzene rings is 2. The number of ether oxygens (including phenoxy) is 1. The number of hydrogen-bond donors (Lipinski definition) is 1. The lowest BCUT2D eigenvalue weighted by atomic mass is 10.1. The molecule has 0 bridgehead atoms. The molecule has 9 heteroatoms. The first-order valence-electron chi connectivity index (χ1n) is 8.59. The van der Waals surface area contributed by atoms with Gasteiger partial charge in [0.25, 0.3) is 17.7 Å². The Morgan fingerprint density at radius 2 is 1.55 bits per heavy atom. The van der Waals surface area contributed by atoms with E-state index in [9.17, 15) is 19.2 Å². The summed E-state index contributed by atoms with van der Waals surface area (Å²) in [6.45, 7) is 2.67. The zero-order valence-corrected chi connectivity index (χ0v) is 17.0. The van der Waals surface area contributed by atoms with Crippen molar-refractivity contribution in [2.24, 2.45) is 0 Å². The van der Waals surface area contributed by atoms with Crippen molar-refractivity contribution in [1.82, 2.24) is 4.90 Å². The molecule has 3 amide bonds. The normalized spacial score (nSPS) is 13.9. The molecule has 1 unspecified atom stereocenters. The molecule has 1 aliphatic heterocycles. The van der Waals surface area contributed by atoms with Gasteiger partial charge in [-0.1, -0.05) is 40.9 Å². The second kappa shape index (κ2) is 8.23. The number of nitrogens with one attached hydrogen (secondary N) is 1. The van der Waals surface area contributed by atoms with Crippen LogP contribution < -0.4 is 5.32 Å². The van der Waals surface area contributed by atoms with Crippen LogP contribution in [0.3, 0.4) is 0 Å². The second-order valence-corrected chi connectivity index (χ2v) is 7.31. The number of amides is 3. The molecule has 0 fully saturated rings. The Labute approximate surface area is 176 Å². The van der Waals surface area contributed by atoms with Gasteiger partial charge in [0, 0.05) is 5.69 Å². The average molecular weight is 435 g/mol. The quantitative estimate of drug-likeness (QED) is 0.574. The predicted octanol–water partition coefficient (Wildman–Crippen LogP) is 3.47. The van der Waals surface area contributed by atoms with E-state index in [2.05, 4.69) is 5.32 Å². The molecule has 3 rings (SSSR count). The van der Waals surface area contributed by atoms with Crippen LogP contribution in [0, 0.1) is 6.92 Å². The summed E-state index contributed by atoms with van der Waals surface area (Å²) in [7, 11) is 0. The van der Waals surface area contributed by atoms with Gasteiger partial charge >= 0.3 is 5.97 Å². The van der Waals surface area contributed by atoms with Gasteiger partial charge in [-0.25, -0.2) is 0 Å². The first kappa shape index (κ1) is 20.8. The predicted molar refractivity (Wildman–Crippen MR) is 107 cm³/mol. The number of carbonyl (C=O) groups is 4. The summed E-state index contributed by atoms with van der Waals surface area (Å²) in [5.74, 6) is -2.80. The van der Waals surface area contributed by atoms with E-state index in [-0.39, 0.29) is 21.2 Å². The maximum absolute atomic E-state index is 12.4. The molecule has 1 atom stereocenters. The number of fused-ring (bicyclic) bond motifs is 1. The number of halogens is 2. The molecule has 0 spiro atoms. The number of aryl methyl sites for hydroxylation is 1. The number of imide groups is 1. The maximum Gasteiger partial charge on any atom is 0.326 e. The molecule has 1 aliphatic rings. The van der Waals surface area contributed by atoms with Gasteiger partial charge in [0.2, 0.25) is 0 Å². The Hall–Kier alpha value is -2.90. The van der Waals surface area contributed by atoms with Crippen LogP contribution in [-0.4, -0.2) is 41.2 Å². The summed E-state index contributed by atoms with van der Waals surface area (Å²) in [4.78, 5) is 49.9. The van der Waals surface area contributed by atoms with Crippen LogP contribution in [0.15, 0.2) is 36.4 Å². The fraction of sp³-hybridized carbons (Fsp3) is 0.200. The fourth-order valence-electron chi connectivity index (χ4n) is 2.73. The van der Waals surface area contributed by atoms with E-state index in [0.29, 0.717) is 5.69 Å². The van der Waals surface area contributed by atoms with Crippen LogP contribution in [0.25, 0.3) is 0 Å². The smallest absolute Gasteiger partial charge is 0.326 e. The van der Waals surface area contributed by atoms with E-state index in [0.717, 1.165) is 10.5 Å². The van der Waals surface area contributed by atoms with Crippen molar-refractivity contribution in [3.05, 3.63) is 63.1 Å². The van der Waals surface area contributed by atoms with Crippen molar-refractivity contribution < 1.29 is 23.9 Å². The Morgan fingerprint density at radius 1 is 1.03 bits per heavy atom. The molecular weight excluding hydrogens is 419 g/mol. The van der Waals surface area contributed by atoms with Crippen LogP contribution in [0.4, 0.5) is 5.69 Å². The highest BCUT2D eigenvalue weighted by Gasteiger charge is 2.38. The third kappa shape index (κ3) is 4.41. The highest BCUT2D eigenvalue weighted by atomic mass is 35.5. The number of carbonyl (C=O) groups excluding carboxylic acids is 4. The van der Waals surface area contributed by atoms with E-state index in [1.165, 1.54) is 19.1 Å². The fourth-order valence-corrected chi connectivity index (χ4v) is 3.05. The molecule has 29 heavy (non-hydrogen) atoms. The summed E-state index contributed by atoms with van der Waals surface area (Å²) >= 11 is 11.8. The lowest BCUT2D eigenvalue weighted by molar-refractivity contribution is -0.153. The monoisotopic (exact) mass is 434 g/mol. The minimum absolute atomic E-state index is 0.0577. The third-order valence-corrected chi connectivity index (χ3v) is 5.02. The van der Waals surface area contributed by atoms with Crippen molar-refractivity contribution in [2.75, 3.05) is 11.9 Å². The minimum Gasteiger partial charge on any atom is -0.451 e. The van der Waals surface area contributed by atoms with Crippen LogP contribution in [0.5, 0.6) is 0 Å². The van der Waals surface area contributed by atoms with Gasteiger partial charge in [-0.05, 0) is 38.1 Å². The molecule has 2 aromatic carbocycles. The summed E-state index contributed by atoms with van der Waals surface area (Å²) in [5.41, 5.74) is 1.70. The van der Waals surface area contributed by atoms with Crippen LogP contribution in [-0.2, 0) is 14.3 Å². The Balaban J connectivity index is 1.61. The molecule has 0 saturated carbocycles. The Morgan fingerprint density at radius 3 is 2.07 bits per heavy atom. The van der Waals surface area contributed by atoms with Crippen molar-refractivity contribution in [2.45, 2.75) is 20.0 Å². The van der Waals surface area contributed by atoms with Crippen molar-refractivity contribution in [1.29, 1.82) is 0 Å². The van der Waals surface area contributed by atoms with E-state index in [1.54, 1.807) is 12.1 Å². The van der Waals surface area contributed by atoms with Gasteiger partial charge in [-0.2, -0.15) is 0 Å². The zero-order chi connectivity index (χ0) is 21.3. The van der Waals surface area contributed by atoms with Gasteiger partial charge in [0.1, 0.15) is 6.54 Å². The summed E-state index contributed by atoms with van der Waals surface area (Å²) in [5, 5.41) is 2.86. The number of rotatable bonds is 5. The molecule has 0 aromatic heterocycles. The van der Waals surface area contributed by atoms with Crippen LogP contribution in [0.2, 0.25) is 10.0 Å². The molecule has 0 radical (unpaired) electrons. The lowest BCUT2D eigenvalue weighted by Gasteiger charge is -2.16. The lowest BCUT2D eigenvalue weighted by Crippen LogP contribution is -2.38. The summed E-state index contributed by atoms with van der Waals surface area (Å²) in [6, 6.07) is 9.65. The van der Waals surface area contributed by atoms with Crippen molar-refractivity contribution in [3.63, 3.8) is 0 Å². The van der Waals surface area contributed by atoms with E-state index < -0.39 is 36.3 Å². The molecule has 0 aliphatic carbocycles. The molecule has 0 saturated heterocycles. The van der Waals surface area contributed by atoms with Crippen molar-refractivity contribution >= 4 is 52.6 Å². The van der Waals surface area contributed by atoms with Gasteiger partial charge in [0.15, 0.2) is 6.10 Å². The SMILES string of the molecule is Cc1ccc(NC(=O)C(C)OC(=O)CN2C(=O)c3cc(Cl)c(Cl)cc3C2=O)cc1. The van der Waals surface area contributed by atoms with Crippen molar-refractivity contribution in [3.8, 4) is 0 Å². The summed E-state index contributed by atoms with van der Waals surface area (Å²) < 4.78 is 5.06. The van der Waals surface area contributed by atoms with Gasteiger partial charge < -0.3 is 10.1 Å². The first-order chi connectivity index (χ1) is 13.7. The van der Waals surface area contributed by atoms with Gasteiger partial charge in [-0.15, -0.1) is 0 Å². The molecule has 1 heterocycles. The Kier molecular flexibility index (Phi) is 5.91. The summed E-state index contributed by atoms with van der Waals surface area (Å²) in [6.07, 6.45) is -1.12. The highest BCUT2D eigenvalue weighted by molar-refractivity contribution is 6.43. The maximum atomic E-state index is 12.4. The zero-order valence-electron chi connectivity index (χ0n) is 15.5. The molecule has 1 N–H and O–H groups in total. The van der Waals surface area contributed by atoms with Crippen LogP contribution in [0.1, 0.15) is 33.2 Å². The van der Waals surface area contributed by atoms with E-state index in [1.807, 2.05) is 19.1 Å². The number of nitrogens with zero attached hydrogens (tertiary/aromatic N) is 1. The number of hydrogen-bond acceptors (Lipinski definition) is 5. The second-order valence-electron chi connectivity index (χ2n) is 6.50. The minimum atomic E-state index is -1.12. The highest BCUT2D eigenvalue weighted by Crippen LogP contribution is 2.31. The first-order valence-corrected chi connectivity index (χ1v) is 9.35. The molecular formula is C20H16Cl2N2O5. The van der Waals surface area contributed by atoms with Gasteiger partial charge in [-0.3, -0.25) is 24.1 Å². The molecule has 2 aromatic rings. The average Bonchev–Trinajstić information content (AvgIpc) is 2.88. The standard InChI is InChI=1S/C20H16Cl2N2O5/c1-10-3-5-12(6-4-10)23-18(26)11(2)29-17(25)9-24-19(27)13-7-15(21)16(22)8-14(13)20(24)28/h3-8,11H,9H2,1-2H3,(H,23,26). The number of esters is 1. The van der Waals surface area contributed by atoms with E-state index in [4.69, 9.17) is 27.9 Å². The largest absolute Gasteiger partial charge is 0.451 e. The molecule has 7 nitrogen and oxygen atoms in total. The topological polar surface area (TPSA) is 92.8 Å². The van der Waals surface area contributed by atoms with Crippen LogP contribution >= 0.6 is 23.2 Å². The Bertz CT molecular complexity index is 979. The van der Waals surface area contributed by atoms with Gasteiger partial charge in [0.05, 0.1) is 21.2 Å². The van der Waals surface area contributed by atoms with E-state index >= 15 is 0 Å². The third-order valence-electron chi connectivity index (χ3n) is 4.30. The molecule has 150 valence electrons. The number of anilines is 1.